The molecule has 1 unspecified atom stereocenters. The summed E-state index contributed by atoms with van der Waals surface area (Å²) in [6.07, 6.45) is 0.988. The van der Waals surface area contributed by atoms with Gasteiger partial charge in [0.25, 0.3) is 0 Å². The zero-order chi connectivity index (χ0) is 13.8. The molecule has 1 aromatic carbocycles. The minimum Gasteiger partial charge on any atom is -0.396 e. The van der Waals surface area contributed by atoms with E-state index in [1.807, 2.05) is 0 Å². The highest BCUT2D eigenvalue weighted by molar-refractivity contribution is 5.46. The summed E-state index contributed by atoms with van der Waals surface area (Å²) in [5.41, 5.74) is 1.29. The predicted octanol–water partition coefficient (Wildman–Crippen LogP) is 1.21. The van der Waals surface area contributed by atoms with Crippen LogP contribution in [0.25, 0.3) is 0 Å². The van der Waals surface area contributed by atoms with Crippen LogP contribution >= 0.6 is 0 Å². The van der Waals surface area contributed by atoms with Gasteiger partial charge in [0, 0.05) is 50.4 Å². The quantitative estimate of drug-likeness (QED) is 0.896. The molecule has 0 bridgehead atoms. The van der Waals surface area contributed by atoms with Crippen LogP contribution in [0.5, 0.6) is 0 Å². The topological polar surface area (TPSA) is 35.9 Å². The molecule has 0 spiro atoms. The fourth-order valence-electron chi connectivity index (χ4n) is 3.23. The molecule has 2 fully saturated rings. The van der Waals surface area contributed by atoms with Crippen LogP contribution in [-0.2, 0) is 4.74 Å². The highest BCUT2D eigenvalue weighted by Crippen LogP contribution is 2.29. The van der Waals surface area contributed by atoms with E-state index in [0.29, 0.717) is 6.61 Å². The van der Waals surface area contributed by atoms with Crippen LogP contribution in [0.1, 0.15) is 6.42 Å². The van der Waals surface area contributed by atoms with E-state index in [2.05, 4.69) is 40.1 Å². The van der Waals surface area contributed by atoms with Crippen LogP contribution in [0.3, 0.4) is 0 Å². The molecular formula is C16H24N2O2. The third kappa shape index (κ3) is 2.97. The van der Waals surface area contributed by atoms with Crippen molar-refractivity contribution in [3.8, 4) is 0 Å². The van der Waals surface area contributed by atoms with Crippen LogP contribution in [0, 0.1) is 5.41 Å². The minimum absolute atomic E-state index is 0.0189. The first-order valence-electron chi connectivity index (χ1n) is 7.52. The summed E-state index contributed by atoms with van der Waals surface area (Å²) in [7, 11) is 0. The number of aliphatic hydroxyl groups excluding tert-OH is 1. The molecule has 1 N–H and O–H groups in total. The molecule has 0 radical (unpaired) electrons. The number of benzene rings is 1. The lowest BCUT2D eigenvalue weighted by Crippen LogP contribution is -2.51. The van der Waals surface area contributed by atoms with Gasteiger partial charge in [-0.1, -0.05) is 18.2 Å². The van der Waals surface area contributed by atoms with Gasteiger partial charge in [-0.15, -0.1) is 0 Å². The average molecular weight is 276 g/mol. The summed E-state index contributed by atoms with van der Waals surface area (Å²) < 4.78 is 5.49. The van der Waals surface area contributed by atoms with Crippen molar-refractivity contribution in [1.29, 1.82) is 0 Å². The molecule has 110 valence electrons. The van der Waals surface area contributed by atoms with Gasteiger partial charge < -0.3 is 14.7 Å². The van der Waals surface area contributed by atoms with Crippen molar-refractivity contribution in [2.45, 2.75) is 6.42 Å². The molecule has 2 heterocycles. The van der Waals surface area contributed by atoms with Gasteiger partial charge in [0.1, 0.15) is 0 Å². The van der Waals surface area contributed by atoms with Crippen molar-refractivity contribution in [1.82, 2.24) is 4.90 Å². The molecular weight excluding hydrogens is 252 g/mol. The van der Waals surface area contributed by atoms with Gasteiger partial charge in [-0.2, -0.15) is 0 Å². The molecule has 20 heavy (non-hydrogen) atoms. The van der Waals surface area contributed by atoms with Crippen molar-refractivity contribution in [3.05, 3.63) is 30.3 Å². The summed E-state index contributed by atoms with van der Waals surface area (Å²) in [4.78, 5) is 4.91. The van der Waals surface area contributed by atoms with Gasteiger partial charge in [-0.05, 0) is 18.6 Å². The highest BCUT2D eigenvalue weighted by atomic mass is 16.5. The van der Waals surface area contributed by atoms with E-state index in [1.54, 1.807) is 0 Å². The number of piperazine rings is 1. The number of anilines is 1. The van der Waals surface area contributed by atoms with E-state index < -0.39 is 0 Å². The largest absolute Gasteiger partial charge is 0.396 e. The Morgan fingerprint density at radius 1 is 1.10 bits per heavy atom. The normalized spacial score (nSPS) is 27.9. The molecule has 1 aromatic rings. The van der Waals surface area contributed by atoms with E-state index in [-0.39, 0.29) is 12.0 Å². The lowest BCUT2D eigenvalue weighted by Gasteiger charge is -2.39. The van der Waals surface area contributed by atoms with E-state index in [4.69, 9.17) is 4.74 Å². The third-order valence-corrected chi connectivity index (χ3v) is 4.57. The van der Waals surface area contributed by atoms with Crippen LogP contribution in [-0.4, -0.2) is 62.6 Å². The molecule has 4 heteroatoms. The van der Waals surface area contributed by atoms with Crippen molar-refractivity contribution >= 4 is 5.69 Å². The molecule has 0 aliphatic carbocycles. The van der Waals surface area contributed by atoms with Crippen LogP contribution in [0.2, 0.25) is 0 Å². The van der Waals surface area contributed by atoms with Gasteiger partial charge in [0.2, 0.25) is 0 Å². The summed E-state index contributed by atoms with van der Waals surface area (Å²) >= 11 is 0. The second-order valence-electron chi connectivity index (χ2n) is 6.06. The van der Waals surface area contributed by atoms with Gasteiger partial charge in [0.05, 0.1) is 13.2 Å². The number of hydrogen-bond donors (Lipinski definition) is 1. The molecule has 2 saturated heterocycles. The molecule has 1 atom stereocenters. The zero-order valence-electron chi connectivity index (χ0n) is 12.0. The Bertz CT molecular complexity index is 410. The van der Waals surface area contributed by atoms with Crippen molar-refractivity contribution in [2.75, 3.05) is 57.4 Å². The Morgan fingerprint density at radius 2 is 1.85 bits per heavy atom. The molecule has 0 saturated carbocycles. The van der Waals surface area contributed by atoms with E-state index in [9.17, 15) is 5.11 Å². The average Bonchev–Trinajstić information content (AvgIpc) is 2.98. The molecule has 2 aliphatic rings. The smallest absolute Gasteiger partial charge is 0.0557 e. The monoisotopic (exact) mass is 276 g/mol. The van der Waals surface area contributed by atoms with E-state index in [0.717, 1.165) is 45.8 Å². The number of hydrogen-bond acceptors (Lipinski definition) is 4. The SMILES string of the molecule is OCC1(CN2CCN(c3ccccc3)CC2)CCOC1. The maximum absolute atomic E-state index is 9.66. The third-order valence-electron chi connectivity index (χ3n) is 4.57. The Labute approximate surface area is 120 Å². The molecule has 2 aliphatic heterocycles. The Hall–Kier alpha value is -1.10. The highest BCUT2D eigenvalue weighted by Gasteiger charge is 2.36. The summed E-state index contributed by atoms with van der Waals surface area (Å²) in [5.74, 6) is 0. The number of ether oxygens (including phenoxy) is 1. The minimum atomic E-state index is -0.0189. The van der Waals surface area contributed by atoms with Crippen LogP contribution in [0.15, 0.2) is 30.3 Å². The predicted molar refractivity (Wildman–Crippen MR) is 80.0 cm³/mol. The second kappa shape index (κ2) is 6.12. The van der Waals surface area contributed by atoms with Gasteiger partial charge in [-0.25, -0.2) is 0 Å². The van der Waals surface area contributed by atoms with E-state index in [1.165, 1.54) is 5.69 Å². The lowest BCUT2D eigenvalue weighted by atomic mass is 9.87. The fourth-order valence-corrected chi connectivity index (χ4v) is 3.23. The first kappa shape index (κ1) is 13.9. The summed E-state index contributed by atoms with van der Waals surface area (Å²) in [6, 6.07) is 10.6. The molecule has 3 rings (SSSR count). The first-order chi connectivity index (χ1) is 9.81. The number of para-hydroxylation sites is 1. The van der Waals surface area contributed by atoms with Gasteiger partial charge in [0.15, 0.2) is 0 Å². The number of aliphatic hydroxyl groups is 1. The maximum Gasteiger partial charge on any atom is 0.0557 e. The Kier molecular flexibility index (Phi) is 4.24. The van der Waals surface area contributed by atoms with Crippen LogP contribution in [0.4, 0.5) is 5.69 Å². The Balaban J connectivity index is 1.54. The Morgan fingerprint density at radius 3 is 2.45 bits per heavy atom. The van der Waals surface area contributed by atoms with Crippen molar-refractivity contribution in [2.24, 2.45) is 5.41 Å². The number of nitrogens with zero attached hydrogens (tertiary/aromatic N) is 2. The van der Waals surface area contributed by atoms with Crippen molar-refractivity contribution in [3.63, 3.8) is 0 Å². The molecule has 4 nitrogen and oxygen atoms in total. The fraction of sp³-hybridized carbons (Fsp3) is 0.625. The maximum atomic E-state index is 9.66. The summed E-state index contributed by atoms with van der Waals surface area (Å²) in [6.45, 7) is 6.97. The van der Waals surface area contributed by atoms with Gasteiger partial charge in [-0.3, -0.25) is 4.90 Å². The van der Waals surface area contributed by atoms with Crippen molar-refractivity contribution < 1.29 is 9.84 Å². The number of rotatable bonds is 4. The molecule has 0 amide bonds. The zero-order valence-corrected chi connectivity index (χ0v) is 12.0. The van der Waals surface area contributed by atoms with E-state index >= 15 is 0 Å². The second-order valence-corrected chi connectivity index (χ2v) is 6.06. The first-order valence-corrected chi connectivity index (χ1v) is 7.52. The van der Waals surface area contributed by atoms with Crippen LogP contribution < -0.4 is 4.90 Å². The van der Waals surface area contributed by atoms with Gasteiger partial charge >= 0.3 is 0 Å². The molecule has 0 aromatic heterocycles. The lowest BCUT2D eigenvalue weighted by molar-refractivity contribution is 0.0549. The summed E-state index contributed by atoms with van der Waals surface area (Å²) in [5, 5.41) is 9.66. The standard InChI is InChI=1S/C16H24N2O2/c19-13-16(6-11-20-14-16)12-17-7-9-18(10-8-17)15-4-2-1-3-5-15/h1-5,19H,6-14H2.